The van der Waals surface area contributed by atoms with Crippen LogP contribution in [0.4, 0.5) is 0 Å². The van der Waals surface area contributed by atoms with E-state index in [2.05, 4.69) is 0 Å². The van der Waals surface area contributed by atoms with Crippen molar-refractivity contribution in [2.24, 2.45) is 0 Å². The fraction of sp³-hybridized carbons (Fsp3) is 0.688. The molecule has 1 saturated carbocycles. The number of carbonyl (C=O) groups excluding carboxylic acids is 1. The number of rotatable bonds is 3. The van der Waals surface area contributed by atoms with E-state index in [4.69, 9.17) is 9.47 Å². The predicted octanol–water partition coefficient (Wildman–Crippen LogP) is 2.06. The standard InChI is InChI=1S/C16H23NO3/c18-16(17-8-10-19-11-9-17)7-6-14(15-12-20-15)13-4-2-1-3-5-13/h6-7,15H,1-5,8-12H2/b7-6+. The first-order valence-electron chi connectivity index (χ1n) is 7.73. The summed E-state index contributed by atoms with van der Waals surface area (Å²) in [7, 11) is 0. The van der Waals surface area contributed by atoms with Crippen molar-refractivity contribution in [3.05, 3.63) is 23.3 Å². The molecule has 1 aliphatic carbocycles. The third-order valence-electron chi connectivity index (χ3n) is 4.27. The minimum atomic E-state index is 0.0999. The fourth-order valence-electron chi connectivity index (χ4n) is 3.00. The molecule has 3 rings (SSSR count). The van der Waals surface area contributed by atoms with Crippen molar-refractivity contribution in [2.75, 3.05) is 32.9 Å². The third kappa shape index (κ3) is 3.49. The lowest BCUT2D eigenvalue weighted by Gasteiger charge is -2.25. The summed E-state index contributed by atoms with van der Waals surface area (Å²) in [5, 5.41) is 0. The second-order valence-corrected chi connectivity index (χ2v) is 5.71. The predicted molar refractivity (Wildman–Crippen MR) is 76.4 cm³/mol. The van der Waals surface area contributed by atoms with Gasteiger partial charge in [-0.25, -0.2) is 0 Å². The highest BCUT2D eigenvalue weighted by atomic mass is 16.6. The first kappa shape index (κ1) is 13.8. The van der Waals surface area contributed by atoms with Crippen LogP contribution in [0.25, 0.3) is 0 Å². The van der Waals surface area contributed by atoms with E-state index in [0.29, 0.717) is 26.3 Å². The first-order valence-corrected chi connectivity index (χ1v) is 7.73. The normalized spacial score (nSPS) is 26.9. The van der Waals surface area contributed by atoms with Crippen LogP contribution in [0.3, 0.4) is 0 Å². The summed E-state index contributed by atoms with van der Waals surface area (Å²) in [5.41, 5.74) is 2.77. The van der Waals surface area contributed by atoms with E-state index in [-0.39, 0.29) is 12.0 Å². The Morgan fingerprint density at radius 2 is 1.80 bits per heavy atom. The summed E-state index contributed by atoms with van der Waals surface area (Å²) in [5.74, 6) is 0.0999. The van der Waals surface area contributed by atoms with Gasteiger partial charge in [0.15, 0.2) is 0 Å². The summed E-state index contributed by atoms with van der Waals surface area (Å²) in [6, 6.07) is 0. The number of hydrogen-bond donors (Lipinski definition) is 0. The average molecular weight is 277 g/mol. The molecule has 0 aromatic rings. The zero-order chi connectivity index (χ0) is 13.8. The lowest BCUT2D eigenvalue weighted by Crippen LogP contribution is -2.39. The van der Waals surface area contributed by atoms with Gasteiger partial charge >= 0.3 is 0 Å². The molecular weight excluding hydrogens is 254 g/mol. The maximum absolute atomic E-state index is 12.1. The molecule has 3 fully saturated rings. The van der Waals surface area contributed by atoms with Gasteiger partial charge in [0.2, 0.25) is 5.91 Å². The van der Waals surface area contributed by atoms with Gasteiger partial charge in [-0.3, -0.25) is 4.79 Å². The van der Waals surface area contributed by atoms with Gasteiger partial charge in [0.1, 0.15) is 6.10 Å². The Kier molecular flexibility index (Phi) is 4.53. The second kappa shape index (κ2) is 6.55. The summed E-state index contributed by atoms with van der Waals surface area (Å²) in [4.78, 5) is 14.0. The van der Waals surface area contributed by atoms with Crippen molar-refractivity contribution in [2.45, 2.75) is 38.2 Å². The molecule has 2 saturated heterocycles. The highest BCUT2D eigenvalue weighted by Gasteiger charge is 2.29. The Balaban J connectivity index is 1.66. The summed E-state index contributed by atoms with van der Waals surface area (Å²) < 4.78 is 10.7. The lowest BCUT2D eigenvalue weighted by molar-refractivity contribution is -0.129. The number of hydrogen-bond acceptors (Lipinski definition) is 3. The number of ether oxygens (including phenoxy) is 2. The number of amides is 1. The minimum Gasteiger partial charge on any atom is -0.378 e. The molecule has 0 aromatic carbocycles. The molecule has 4 nitrogen and oxygen atoms in total. The number of morpholine rings is 1. The molecule has 0 spiro atoms. The van der Waals surface area contributed by atoms with Gasteiger partial charge in [-0.05, 0) is 31.3 Å². The number of allylic oxidation sites excluding steroid dienone is 1. The number of nitrogens with zero attached hydrogens (tertiary/aromatic N) is 1. The Morgan fingerprint density at radius 3 is 2.45 bits per heavy atom. The zero-order valence-corrected chi connectivity index (χ0v) is 12.0. The van der Waals surface area contributed by atoms with Crippen LogP contribution < -0.4 is 0 Å². The maximum atomic E-state index is 12.1. The minimum absolute atomic E-state index is 0.0999. The molecule has 3 aliphatic rings. The zero-order valence-electron chi connectivity index (χ0n) is 12.0. The van der Waals surface area contributed by atoms with Gasteiger partial charge in [-0.1, -0.05) is 18.1 Å². The van der Waals surface area contributed by atoms with E-state index in [1.165, 1.54) is 43.3 Å². The van der Waals surface area contributed by atoms with Crippen molar-refractivity contribution in [1.82, 2.24) is 4.90 Å². The molecule has 1 amide bonds. The Labute approximate surface area is 120 Å². The van der Waals surface area contributed by atoms with Crippen LogP contribution in [0, 0.1) is 0 Å². The summed E-state index contributed by atoms with van der Waals surface area (Å²) >= 11 is 0. The second-order valence-electron chi connectivity index (χ2n) is 5.71. The largest absolute Gasteiger partial charge is 0.378 e. The molecule has 0 aromatic heterocycles. The van der Waals surface area contributed by atoms with Crippen molar-refractivity contribution in [3.63, 3.8) is 0 Å². The van der Waals surface area contributed by atoms with Crippen LogP contribution in [0.1, 0.15) is 32.1 Å². The molecule has 2 aliphatic heterocycles. The molecule has 4 heteroatoms. The average Bonchev–Trinajstić information content (AvgIpc) is 3.34. The van der Waals surface area contributed by atoms with Crippen molar-refractivity contribution in [1.29, 1.82) is 0 Å². The molecular formula is C16H23NO3. The van der Waals surface area contributed by atoms with Crippen LogP contribution in [0.5, 0.6) is 0 Å². The summed E-state index contributed by atoms with van der Waals surface area (Å²) in [6.45, 7) is 3.53. The Hall–Kier alpha value is -1.13. The third-order valence-corrected chi connectivity index (χ3v) is 4.27. The van der Waals surface area contributed by atoms with Crippen LogP contribution >= 0.6 is 0 Å². The first-order chi connectivity index (χ1) is 9.84. The van der Waals surface area contributed by atoms with Crippen LogP contribution in [-0.4, -0.2) is 49.8 Å². The lowest BCUT2D eigenvalue weighted by atomic mass is 9.89. The van der Waals surface area contributed by atoms with E-state index in [9.17, 15) is 4.79 Å². The molecule has 0 radical (unpaired) electrons. The molecule has 110 valence electrons. The van der Waals surface area contributed by atoms with E-state index < -0.39 is 0 Å². The van der Waals surface area contributed by atoms with Gasteiger partial charge in [0.25, 0.3) is 0 Å². The Bertz CT molecular complexity index is 409. The molecule has 1 atom stereocenters. The molecule has 0 bridgehead atoms. The topological polar surface area (TPSA) is 42.1 Å². The van der Waals surface area contributed by atoms with Gasteiger partial charge in [-0.15, -0.1) is 0 Å². The summed E-state index contributed by atoms with van der Waals surface area (Å²) in [6.07, 6.45) is 10.2. The van der Waals surface area contributed by atoms with Crippen molar-refractivity contribution >= 4 is 5.91 Å². The van der Waals surface area contributed by atoms with E-state index in [1.54, 1.807) is 6.08 Å². The number of carbonyl (C=O) groups is 1. The van der Waals surface area contributed by atoms with Crippen LogP contribution in [0.15, 0.2) is 23.3 Å². The SMILES string of the molecule is O=C(/C=C/C(=C1CCCCC1)C1CO1)N1CCOCC1. The quantitative estimate of drug-likeness (QED) is 0.586. The molecule has 20 heavy (non-hydrogen) atoms. The van der Waals surface area contributed by atoms with E-state index in [0.717, 1.165) is 6.61 Å². The molecule has 2 heterocycles. The van der Waals surface area contributed by atoms with Gasteiger partial charge < -0.3 is 14.4 Å². The van der Waals surface area contributed by atoms with Crippen LogP contribution in [0.2, 0.25) is 0 Å². The maximum Gasteiger partial charge on any atom is 0.246 e. The van der Waals surface area contributed by atoms with Crippen molar-refractivity contribution < 1.29 is 14.3 Å². The highest BCUT2D eigenvalue weighted by molar-refractivity contribution is 5.88. The Morgan fingerprint density at radius 1 is 1.10 bits per heavy atom. The van der Waals surface area contributed by atoms with Gasteiger partial charge in [-0.2, -0.15) is 0 Å². The van der Waals surface area contributed by atoms with Gasteiger partial charge in [0.05, 0.1) is 19.8 Å². The molecule has 0 N–H and O–H groups in total. The number of epoxide rings is 1. The van der Waals surface area contributed by atoms with E-state index in [1.807, 2.05) is 11.0 Å². The molecule has 1 unspecified atom stereocenters. The smallest absolute Gasteiger partial charge is 0.246 e. The highest BCUT2D eigenvalue weighted by Crippen LogP contribution is 2.32. The monoisotopic (exact) mass is 277 g/mol. The van der Waals surface area contributed by atoms with Crippen LogP contribution in [-0.2, 0) is 14.3 Å². The van der Waals surface area contributed by atoms with E-state index >= 15 is 0 Å². The fourth-order valence-corrected chi connectivity index (χ4v) is 3.00. The van der Waals surface area contributed by atoms with Crippen molar-refractivity contribution in [3.8, 4) is 0 Å². The van der Waals surface area contributed by atoms with Gasteiger partial charge in [0, 0.05) is 19.2 Å².